The van der Waals surface area contributed by atoms with E-state index in [9.17, 15) is 29.7 Å². The summed E-state index contributed by atoms with van der Waals surface area (Å²) in [4.78, 5) is 36.9. The van der Waals surface area contributed by atoms with E-state index in [2.05, 4.69) is 0 Å². The van der Waals surface area contributed by atoms with Gasteiger partial charge in [-0.3, -0.25) is 4.79 Å². The SMILES string of the molecule is O=C(O)C(c1c(O)c2ccccc2oc1=O)c1c(O)c2ccccc2oc1=O. The number of aromatic hydroxyl groups is 2. The zero-order chi connectivity index (χ0) is 20.0. The molecule has 0 aliphatic rings. The van der Waals surface area contributed by atoms with Crippen LogP contribution < -0.4 is 11.3 Å². The van der Waals surface area contributed by atoms with E-state index in [4.69, 9.17) is 8.83 Å². The average molecular weight is 380 g/mol. The molecule has 3 N–H and O–H groups in total. The lowest BCUT2D eigenvalue weighted by Gasteiger charge is -2.15. The van der Waals surface area contributed by atoms with Gasteiger partial charge in [-0.05, 0) is 24.3 Å². The Morgan fingerprint density at radius 2 is 1.14 bits per heavy atom. The molecular formula is C20H12O8. The summed E-state index contributed by atoms with van der Waals surface area (Å²) in [5, 5.41) is 31.1. The third-order valence-electron chi connectivity index (χ3n) is 4.46. The molecule has 4 aromatic rings. The van der Waals surface area contributed by atoms with Crippen molar-refractivity contribution in [2.75, 3.05) is 0 Å². The summed E-state index contributed by atoms with van der Waals surface area (Å²) >= 11 is 0. The number of hydrogen-bond acceptors (Lipinski definition) is 7. The summed E-state index contributed by atoms with van der Waals surface area (Å²) in [6.45, 7) is 0. The topological polar surface area (TPSA) is 138 Å². The Morgan fingerprint density at radius 1 is 0.750 bits per heavy atom. The number of benzene rings is 2. The van der Waals surface area contributed by atoms with Gasteiger partial charge in [-0.15, -0.1) is 0 Å². The van der Waals surface area contributed by atoms with Crippen LogP contribution in [0, 0.1) is 0 Å². The molecule has 0 atom stereocenters. The second kappa shape index (κ2) is 6.27. The van der Waals surface area contributed by atoms with Crippen molar-refractivity contribution in [2.24, 2.45) is 0 Å². The largest absolute Gasteiger partial charge is 0.507 e. The van der Waals surface area contributed by atoms with Crippen molar-refractivity contribution in [1.82, 2.24) is 0 Å². The van der Waals surface area contributed by atoms with Crippen LogP contribution in [0.25, 0.3) is 21.9 Å². The van der Waals surface area contributed by atoms with E-state index >= 15 is 0 Å². The summed E-state index contributed by atoms with van der Waals surface area (Å²) in [7, 11) is 0. The zero-order valence-electron chi connectivity index (χ0n) is 14.1. The average Bonchev–Trinajstić information content (AvgIpc) is 2.66. The zero-order valence-corrected chi connectivity index (χ0v) is 14.1. The molecule has 0 bridgehead atoms. The molecule has 0 fully saturated rings. The van der Waals surface area contributed by atoms with E-state index in [-0.39, 0.29) is 21.9 Å². The highest BCUT2D eigenvalue weighted by molar-refractivity contribution is 5.91. The maximum absolute atomic E-state index is 12.5. The molecule has 0 aliphatic heterocycles. The van der Waals surface area contributed by atoms with Crippen molar-refractivity contribution in [3.8, 4) is 11.5 Å². The van der Waals surface area contributed by atoms with E-state index in [1.54, 1.807) is 24.3 Å². The van der Waals surface area contributed by atoms with Crippen molar-refractivity contribution in [3.63, 3.8) is 0 Å². The number of aliphatic carboxylic acids is 1. The van der Waals surface area contributed by atoms with Gasteiger partial charge in [-0.2, -0.15) is 0 Å². The molecule has 4 rings (SSSR count). The van der Waals surface area contributed by atoms with E-state index in [0.29, 0.717) is 0 Å². The highest BCUT2D eigenvalue weighted by Crippen LogP contribution is 2.38. The normalized spacial score (nSPS) is 11.3. The van der Waals surface area contributed by atoms with Crippen LogP contribution in [0.5, 0.6) is 11.5 Å². The van der Waals surface area contributed by atoms with Gasteiger partial charge >= 0.3 is 17.2 Å². The second-order valence-electron chi connectivity index (χ2n) is 6.07. The Hall–Kier alpha value is -4.07. The molecule has 28 heavy (non-hydrogen) atoms. The molecule has 8 nitrogen and oxygen atoms in total. The van der Waals surface area contributed by atoms with E-state index in [0.717, 1.165) is 0 Å². The van der Waals surface area contributed by atoms with Gasteiger partial charge in [0.2, 0.25) is 0 Å². The van der Waals surface area contributed by atoms with Crippen LogP contribution in [0.15, 0.2) is 67.0 Å². The van der Waals surface area contributed by atoms with E-state index in [1.807, 2.05) is 0 Å². The van der Waals surface area contributed by atoms with Crippen molar-refractivity contribution >= 4 is 27.9 Å². The third-order valence-corrected chi connectivity index (χ3v) is 4.46. The summed E-state index contributed by atoms with van der Waals surface area (Å²) in [6.07, 6.45) is 0. The fourth-order valence-corrected chi connectivity index (χ4v) is 3.20. The highest BCUT2D eigenvalue weighted by Gasteiger charge is 2.36. The van der Waals surface area contributed by atoms with Crippen molar-refractivity contribution in [3.05, 3.63) is 80.5 Å². The lowest BCUT2D eigenvalue weighted by atomic mass is 9.90. The van der Waals surface area contributed by atoms with E-state index < -0.39 is 45.8 Å². The van der Waals surface area contributed by atoms with Gasteiger partial charge in [0.05, 0.1) is 21.9 Å². The quantitative estimate of drug-likeness (QED) is 0.461. The number of carboxylic acids is 1. The Labute approximate surface area is 155 Å². The van der Waals surface area contributed by atoms with Gasteiger partial charge in [-0.25, -0.2) is 9.59 Å². The van der Waals surface area contributed by atoms with Gasteiger partial charge in [0, 0.05) is 0 Å². The fraction of sp³-hybridized carbons (Fsp3) is 0.0500. The lowest BCUT2D eigenvalue weighted by Crippen LogP contribution is -2.26. The number of carbonyl (C=O) groups is 1. The summed E-state index contributed by atoms with van der Waals surface area (Å²) in [5.41, 5.74) is -3.54. The standard InChI is InChI=1S/C20H12O8/c21-16-9-5-1-3-7-11(9)27-19(25)14(16)13(18(23)24)15-17(22)10-6-2-4-8-12(10)28-20(15)26/h1-8,13,21-22H,(H,23,24). The molecule has 0 saturated heterocycles. The minimum atomic E-state index is -2.00. The van der Waals surface area contributed by atoms with Gasteiger partial charge < -0.3 is 24.2 Å². The summed E-state index contributed by atoms with van der Waals surface area (Å²) in [5.74, 6) is -4.94. The molecule has 0 aliphatic carbocycles. The van der Waals surface area contributed by atoms with E-state index in [1.165, 1.54) is 24.3 Å². The van der Waals surface area contributed by atoms with Crippen molar-refractivity contribution in [2.45, 2.75) is 5.92 Å². The Bertz CT molecular complexity index is 1260. The molecule has 0 saturated carbocycles. The Kier molecular flexibility index (Phi) is 3.89. The number of carboxylic acid groups (broad SMARTS) is 1. The van der Waals surface area contributed by atoms with Crippen molar-refractivity contribution < 1.29 is 28.9 Å². The van der Waals surface area contributed by atoms with Gasteiger partial charge in [0.25, 0.3) is 0 Å². The molecule has 0 amide bonds. The molecule has 140 valence electrons. The van der Waals surface area contributed by atoms with Crippen LogP contribution in [0.3, 0.4) is 0 Å². The highest BCUT2D eigenvalue weighted by atomic mass is 16.4. The Morgan fingerprint density at radius 3 is 1.54 bits per heavy atom. The number of rotatable bonds is 3. The Balaban J connectivity index is 2.10. The first kappa shape index (κ1) is 17.3. The molecule has 0 spiro atoms. The van der Waals surface area contributed by atoms with Gasteiger partial charge in [0.15, 0.2) is 0 Å². The summed E-state index contributed by atoms with van der Waals surface area (Å²) < 4.78 is 10.2. The molecule has 2 aromatic carbocycles. The van der Waals surface area contributed by atoms with Crippen molar-refractivity contribution in [1.29, 1.82) is 0 Å². The van der Waals surface area contributed by atoms with Crippen LogP contribution in [0.1, 0.15) is 17.0 Å². The van der Waals surface area contributed by atoms with Crippen LogP contribution >= 0.6 is 0 Å². The number of hydrogen-bond donors (Lipinski definition) is 3. The van der Waals surface area contributed by atoms with Crippen LogP contribution in [-0.2, 0) is 4.79 Å². The molecule has 2 heterocycles. The predicted octanol–water partition coefficient (Wildman–Crippen LogP) is 2.53. The first-order valence-corrected chi connectivity index (χ1v) is 8.12. The first-order chi connectivity index (χ1) is 13.4. The van der Waals surface area contributed by atoms with Crippen LogP contribution in [0.2, 0.25) is 0 Å². The van der Waals surface area contributed by atoms with Gasteiger partial charge in [0.1, 0.15) is 28.6 Å². The predicted molar refractivity (Wildman–Crippen MR) is 97.8 cm³/mol. The minimum absolute atomic E-state index is 0.0488. The lowest BCUT2D eigenvalue weighted by molar-refractivity contribution is -0.137. The molecular weight excluding hydrogens is 368 g/mol. The van der Waals surface area contributed by atoms with Crippen LogP contribution in [0.4, 0.5) is 0 Å². The third kappa shape index (κ3) is 2.50. The molecule has 0 radical (unpaired) electrons. The van der Waals surface area contributed by atoms with Crippen LogP contribution in [-0.4, -0.2) is 21.3 Å². The monoisotopic (exact) mass is 380 g/mol. The van der Waals surface area contributed by atoms with Gasteiger partial charge in [-0.1, -0.05) is 24.3 Å². The second-order valence-corrected chi connectivity index (χ2v) is 6.07. The first-order valence-electron chi connectivity index (χ1n) is 8.12. The molecule has 0 unspecified atom stereocenters. The minimum Gasteiger partial charge on any atom is -0.507 e. The summed E-state index contributed by atoms with van der Waals surface area (Å²) in [6, 6.07) is 12.0. The molecule has 8 heteroatoms. The number of para-hydroxylation sites is 2. The maximum atomic E-state index is 12.5. The fourth-order valence-electron chi connectivity index (χ4n) is 3.20. The smallest absolute Gasteiger partial charge is 0.344 e. The number of fused-ring (bicyclic) bond motifs is 2. The maximum Gasteiger partial charge on any atom is 0.344 e. The molecule has 2 aromatic heterocycles.